The molecule has 0 aliphatic rings. The molecule has 3 rings (SSSR count). The van der Waals surface area contributed by atoms with E-state index in [1.807, 2.05) is 0 Å². The zero-order valence-electron chi connectivity index (χ0n) is 18.2. The summed E-state index contributed by atoms with van der Waals surface area (Å²) in [5.74, 6) is -0.506. The minimum absolute atomic E-state index is 0. The molecule has 0 spiro atoms. The van der Waals surface area contributed by atoms with E-state index < -0.39 is 53.7 Å². The predicted molar refractivity (Wildman–Crippen MR) is 115 cm³/mol. The van der Waals surface area contributed by atoms with Crippen LogP contribution in [0.25, 0.3) is 0 Å². The first-order chi connectivity index (χ1) is 16.4. The molecule has 3 aromatic rings. The van der Waals surface area contributed by atoms with Crippen LogP contribution in [0, 0.1) is 0 Å². The monoisotopic (exact) mass is 774 g/mol. The Labute approximate surface area is 229 Å². The van der Waals surface area contributed by atoms with E-state index in [4.69, 9.17) is 22.1 Å². The van der Waals surface area contributed by atoms with Gasteiger partial charge in [-0.2, -0.15) is 39.5 Å². The summed E-state index contributed by atoms with van der Waals surface area (Å²) in [5.41, 5.74) is -2.26. The Morgan fingerprint density at radius 2 is 0.553 bits per heavy atom. The second-order valence-corrected chi connectivity index (χ2v) is 6.69. The Hall–Kier alpha value is -2.70. The van der Waals surface area contributed by atoms with Crippen LogP contribution in [0.15, 0.2) is 72.8 Å². The molecular weight excluding hydrogens is 758 g/mol. The number of phenols is 3. The molecule has 0 saturated heterocycles. The Bertz CT molecular complexity index is 951. The van der Waals surface area contributed by atoms with Crippen molar-refractivity contribution in [1.29, 1.82) is 0 Å². The predicted octanol–water partition coefficient (Wildman–Crippen LogP) is 7.84. The Balaban J connectivity index is -0.000000448. The molecule has 0 unspecified atom stereocenters. The first-order valence-corrected chi connectivity index (χ1v) is 11.3. The van der Waals surface area contributed by atoms with Crippen LogP contribution in [0.3, 0.4) is 0 Å². The molecule has 17 heteroatoms. The van der Waals surface area contributed by atoms with Crippen molar-refractivity contribution in [2.75, 3.05) is 0 Å². The standard InChI is InChI=1S/3C7H5F3O.2ClH.2O.W/c3*8-7(9,10)5-1-3-6(11)4-2-5;;;;;/h3*1-4,11H;2*1H;;;. The summed E-state index contributed by atoms with van der Waals surface area (Å²) in [5, 5.41) is 26.0. The average Bonchev–Trinajstić information content (AvgIpc) is 2.74. The van der Waals surface area contributed by atoms with Gasteiger partial charge < -0.3 is 15.3 Å². The van der Waals surface area contributed by atoms with Gasteiger partial charge in [-0.05, 0) is 72.8 Å². The van der Waals surface area contributed by atoms with Gasteiger partial charge in [0.1, 0.15) is 17.2 Å². The molecule has 0 fully saturated rings. The van der Waals surface area contributed by atoms with Crippen molar-refractivity contribution < 1.29 is 80.1 Å². The molecular formula is C21H17Cl2F9O5W. The van der Waals surface area contributed by atoms with Crippen LogP contribution in [-0.4, -0.2) is 15.3 Å². The van der Waals surface area contributed by atoms with Gasteiger partial charge in [0.05, 0.1) is 16.7 Å². The fourth-order valence-electron chi connectivity index (χ4n) is 1.95. The van der Waals surface area contributed by atoms with Crippen LogP contribution in [-0.2, 0) is 43.8 Å². The van der Waals surface area contributed by atoms with Crippen LogP contribution in [0.4, 0.5) is 39.5 Å². The second kappa shape index (κ2) is 17.7. The van der Waals surface area contributed by atoms with Crippen molar-refractivity contribution in [2.24, 2.45) is 0 Å². The fourth-order valence-corrected chi connectivity index (χ4v) is 1.95. The van der Waals surface area contributed by atoms with Crippen molar-refractivity contribution >= 4 is 24.8 Å². The maximum atomic E-state index is 11.8. The summed E-state index contributed by atoms with van der Waals surface area (Å²) in [6.07, 6.45) is -13.0. The SMILES string of the molecule is Cl.Cl.Oc1ccc(C(F)(F)F)cc1.Oc1ccc(C(F)(F)F)cc1.Oc1ccc(C(F)(F)F)cc1.[O]=[W]=[O]. The topological polar surface area (TPSA) is 94.8 Å². The molecule has 0 atom stereocenters. The van der Waals surface area contributed by atoms with Crippen molar-refractivity contribution in [2.45, 2.75) is 18.5 Å². The number of hydrogen-bond donors (Lipinski definition) is 3. The molecule has 0 amide bonds. The molecule has 0 bridgehead atoms. The molecule has 3 N–H and O–H groups in total. The van der Waals surface area contributed by atoms with Gasteiger partial charge in [0.25, 0.3) is 0 Å². The van der Waals surface area contributed by atoms with Crippen LogP contribution >= 0.6 is 24.8 Å². The van der Waals surface area contributed by atoms with E-state index in [-0.39, 0.29) is 42.1 Å². The van der Waals surface area contributed by atoms with Crippen LogP contribution < -0.4 is 0 Å². The van der Waals surface area contributed by atoms with Gasteiger partial charge in [0.15, 0.2) is 0 Å². The van der Waals surface area contributed by atoms with Gasteiger partial charge in [0.2, 0.25) is 0 Å². The second-order valence-electron chi connectivity index (χ2n) is 6.20. The van der Waals surface area contributed by atoms with Gasteiger partial charge in [-0.25, -0.2) is 0 Å². The third kappa shape index (κ3) is 16.9. The first kappa shape index (κ1) is 39.8. The van der Waals surface area contributed by atoms with E-state index in [9.17, 15) is 39.5 Å². The zero-order chi connectivity index (χ0) is 28.2. The molecule has 38 heavy (non-hydrogen) atoms. The summed E-state index contributed by atoms with van der Waals surface area (Å²) < 4.78 is 124. The number of alkyl halides is 9. The first-order valence-electron chi connectivity index (χ1n) is 8.92. The molecule has 0 radical (unpaired) electrons. The maximum absolute atomic E-state index is 11.8. The third-order valence-corrected chi connectivity index (χ3v) is 3.58. The Morgan fingerprint density at radius 1 is 0.421 bits per heavy atom. The summed E-state index contributed by atoms with van der Waals surface area (Å²) >= 11 is -2.25. The third-order valence-electron chi connectivity index (χ3n) is 3.58. The normalized spacial score (nSPS) is 10.3. The number of halogens is 11. The van der Waals surface area contributed by atoms with Gasteiger partial charge in [0, 0.05) is 0 Å². The van der Waals surface area contributed by atoms with Gasteiger partial charge in [-0.1, -0.05) is 0 Å². The number of hydrogen-bond acceptors (Lipinski definition) is 5. The van der Waals surface area contributed by atoms with Crippen molar-refractivity contribution in [3.63, 3.8) is 0 Å². The number of phenolic OH excluding ortho intramolecular Hbond substituents is 3. The van der Waals surface area contributed by atoms with Crippen LogP contribution in [0.5, 0.6) is 17.2 Å². The fraction of sp³-hybridized carbons (Fsp3) is 0.143. The van der Waals surface area contributed by atoms with Gasteiger partial charge >= 0.3 is 43.8 Å². The summed E-state index contributed by atoms with van der Waals surface area (Å²) in [7, 11) is 0. The zero-order valence-corrected chi connectivity index (χ0v) is 22.8. The Morgan fingerprint density at radius 3 is 0.658 bits per heavy atom. The summed E-state index contributed by atoms with van der Waals surface area (Å²) in [6, 6.07) is 11.0. The summed E-state index contributed by atoms with van der Waals surface area (Å²) in [6.45, 7) is 0. The molecule has 0 aliphatic carbocycles. The van der Waals surface area contributed by atoms with E-state index in [1.54, 1.807) is 0 Å². The van der Waals surface area contributed by atoms with E-state index in [1.165, 1.54) is 0 Å². The average molecular weight is 775 g/mol. The molecule has 0 heterocycles. The number of aromatic hydroxyl groups is 3. The Kier molecular flexibility index (Phi) is 18.6. The van der Waals surface area contributed by atoms with E-state index in [2.05, 4.69) is 0 Å². The molecule has 0 aliphatic heterocycles. The quantitative estimate of drug-likeness (QED) is 0.203. The van der Waals surface area contributed by atoms with Crippen LogP contribution in [0.2, 0.25) is 0 Å². The molecule has 0 aromatic heterocycles. The van der Waals surface area contributed by atoms with Gasteiger partial charge in [-0.15, -0.1) is 24.8 Å². The van der Waals surface area contributed by atoms with Crippen molar-refractivity contribution in [1.82, 2.24) is 0 Å². The van der Waals surface area contributed by atoms with Crippen molar-refractivity contribution in [3.8, 4) is 17.2 Å². The summed E-state index contributed by atoms with van der Waals surface area (Å²) in [4.78, 5) is 0. The van der Waals surface area contributed by atoms with Crippen molar-refractivity contribution in [3.05, 3.63) is 89.5 Å². The minimum atomic E-state index is -4.33. The van der Waals surface area contributed by atoms with E-state index in [0.29, 0.717) is 0 Å². The van der Waals surface area contributed by atoms with Gasteiger partial charge in [-0.3, -0.25) is 0 Å². The number of rotatable bonds is 0. The molecule has 0 saturated carbocycles. The molecule has 214 valence electrons. The van der Waals surface area contributed by atoms with E-state index in [0.717, 1.165) is 72.8 Å². The molecule has 5 nitrogen and oxygen atoms in total. The molecule has 3 aromatic carbocycles. The van der Waals surface area contributed by atoms with E-state index >= 15 is 0 Å². The van der Waals surface area contributed by atoms with Crippen LogP contribution in [0.1, 0.15) is 16.7 Å². The number of benzene rings is 3.